The number of benzene rings is 1. The van der Waals surface area contributed by atoms with Crippen molar-refractivity contribution in [1.29, 1.82) is 0 Å². The smallest absolute Gasteiger partial charge is 0.415 e. The minimum absolute atomic E-state index is 0.0303. The summed E-state index contributed by atoms with van der Waals surface area (Å²) in [5.41, 5.74) is 0.259. The van der Waals surface area contributed by atoms with Gasteiger partial charge < -0.3 is 4.42 Å². The third-order valence-corrected chi connectivity index (χ3v) is 4.75. The van der Waals surface area contributed by atoms with Crippen LogP contribution in [0.3, 0.4) is 0 Å². The number of hydrogen-bond acceptors (Lipinski definition) is 6. The minimum Gasteiger partial charge on any atom is -0.415 e. The predicted molar refractivity (Wildman–Crippen MR) is 95.7 cm³/mol. The van der Waals surface area contributed by atoms with Crippen molar-refractivity contribution in [2.24, 2.45) is 5.92 Å². The molecular formula is C19H13F6N5O2. The first-order valence-corrected chi connectivity index (χ1v) is 9.25. The Kier molecular flexibility index (Phi) is 5.57. The van der Waals surface area contributed by atoms with E-state index in [-0.39, 0.29) is 22.9 Å². The maximum atomic E-state index is 13.4. The van der Waals surface area contributed by atoms with Crippen LogP contribution in [0.5, 0.6) is 0 Å². The lowest BCUT2D eigenvalue weighted by atomic mass is 10.0. The molecule has 1 aliphatic rings. The summed E-state index contributed by atoms with van der Waals surface area (Å²) in [5, 5.41) is 6.56. The minimum atomic E-state index is -5.23. The zero-order valence-electron chi connectivity index (χ0n) is 15.9. The van der Waals surface area contributed by atoms with E-state index in [4.69, 9.17) is 4.42 Å². The molecule has 32 heavy (non-hydrogen) atoms. The standard InChI is InChI=1S/C19H13F6N5O2/c20-12-5-3-10(4-6-12)13(9-1-2-9)30(17(31)19(23,24)25)18-26-7-11(8-27-18)15-28-29-16(32-15)14(21)22/h3-9,13-14H,1-2H2. The molecule has 1 amide bonds. The first-order chi connectivity index (χ1) is 15.1. The van der Waals surface area contributed by atoms with Crippen molar-refractivity contribution >= 4 is 11.9 Å². The van der Waals surface area contributed by atoms with Crippen LogP contribution >= 0.6 is 0 Å². The van der Waals surface area contributed by atoms with Gasteiger partial charge in [0.05, 0.1) is 11.6 Å². The average molecular weight is 457 g/mol. The van der Waals surface area contributed by atoms with Crippen molar-refractivity contribution in [2.45, 2.75) is 31.5 Å². The van der Waals surface area contributed by atoms with Crippen molar-refractivity contribution < 1.29 is 35.6 Å². The molecule has 0 saturated heterocycles. The topological polar surface area (TPSA) is 85.0 Å². The van der Waals surface area contributed by atoms with Crippen molar-refractivity contribution in [3.63, 3.8) is 0 Å². The molecule has 0 spiro atoms. The van der Waals surface area contributed by atoms with Gasteiger partial charge in [0.25, 0.3) is 11.8 Å². The van der Waals surface area contributed by atoms with Crippen molar-refractivity contribution in [2.75, 3.05) is 4.90 Å². The molecule has 3 aromatic rings. The van der Waals surface area contributed by atoms with Gasteiger partial charge in [-0.15, -0.1) is 10.2 Å². The highest BCUT2D eigenvalue weighted by atomic mass is 19.4. The van der Waals surface area contributed by atoms with Crippen LogP contribution in [-0.4, -0.2) is 32.2 Å². The van der Waals surface area contributed by atoms with Gasteiger partial charge in [-0.3, -0.25) is 9.69 Å². The number of nitrogens with zero attached hydrogens (tertiary/aromatic N) is 5. The molecule has 168 valence electrons. The monoisotopic (exact) mass is 457 g/mol. The van der Waals surface area contributed by atoms with Gasteiger partial charge in [0.1, 0.15) is 5.82 Å². The van der Waals surface area contributed by atoms with Gasteiger partial charge in [-0.05, 0) is 36.5 Å². The summed E-state index contributed by atoms with van der Waals surface area (Å²) < 4.78 is 83.6. The van der Waals surface area contributed by atoms with E-state index in [9.17, 15) is 31.1 Å². The van der Waals surface area contributed by atoms with Crippen LogP contribution in [-0.2, 0) is 4.79 Å². The number of aromatic nitrogens is 4. The molecule has 1 unspecified atom stereocenters. The molecular weight excluding hydrogens is 444 g/mol. The van der Waals surface area contributed by atoms with Gasteiger partial charge in [0.15, 0.2) is 0 Å². The predicted octanol–water partition coefficient (Wildman–Crippen LogP) is 4.65. The highest BCUT2D eigenvalue weighted by Gasteiger charge is 2.50. The second-order valence-electron chi connectivity index (χ2n) is 7.02. The van der Waals surface area contributed by atoms with E-state index in [0.29, 0.717) is 17.7 Å². The van der Waals surface area contributed by atoms with Crippen molar-refractivity contribution in [3.8, 4) is 11.5 Å². The largest absolute Gasteiger partial charge is 0.471 e. The van der Waals surface area contributed by atoms with Crippen molar-refractivity contribution in [1.82, 2.24) is 20.2 Å². The fraction of sp³-hybridized carbons (Fsp3) is 0.316. The molecule has 2 heterocycles. The zero-order valence-corrected chi connectivity index (χ0v) is 15.9. The first kappa shape index (κ1) is 21.7. The molecule has 13 heteroatoms. The molecule has 1 aliphatic carbocycles. The maximum absolute atomic E-state index is 13.4. The summed E-state index contributed by atoms with van der Waals surface area (Å²) in [6, 6.07) is 3.69. The Morgan fingerprint density at radius 1 is 1.06 bits per heavy atom. The second kappa shape index (κ2) is 8.20. The third-order valence-electron chi connectivity index (χ3n) is 4.75. The quantitative estimate of drug-likeness (QED) is 0.501. The number of amides is 1. The lowest BCUT2D eigenvalue weighted by Crippen LogP contribution is -2.45. The van der Waals surface area contributed by atoms with Gasteiger partial charge in [0, 0.05) is 12.4 Å². The summed E-state index contributed by atoms with van der Waals surface area (Å²) in [6.45, 7) is 0. The molecule has 0 bridgehead atoms. The van der Waals surface area contributed by atoms with Crippen LogP contribution < -0.4 is 4.90 Å². The van der Waals surface area contributed by atoms with Gasteiger partial charge >= 0.3 is 18.5 Å². The summed E-state index contributed by atoms with van der Waals surface area (Å²) in [5.74, 6) is -4.95. The number of alkyl halides is 5. The van der Waals surface area contributed by atoms with Gasteiger partial charge in [-0.1, -0.05) is 12.1 Å². The number of hydrogen-bond donors (Lipinski definition) is 0. The third kappa shape index (κ3) is 4.41. The normalized spacial score (nSPS) is 15.1. The SMILES string of the molecule is O=C(N(c1ncc(-c2nnc(C(F)F)o2)cn1)C(c1ccc(F)cc1)C1CC1)C(F)(F)F. The molecule has 4 rings (SSSR count). The van der Waals surface area contributed by atoms with E-state index in [1.54, 1.807) is 0 Å². The lowest BCUT2D eigenvalue weighted by molar-refractivity contribution is -0.171. The fourth-order valence-corrected chi connectivity index (χ4v) is 3.18. The van der Waals surface area contributed by atoms with E-state index in [2.05, 4.69) is 20.2 Å². The summed E-state index contributed by atoms with van der Waals surface area (Å²) in [6.07, 6.45) is -5.16. The Hall–Kier alpha value is -3.51. The molecule has 1 atom stereocenters. The molecule has 1 aromatic carbocycles. The Labute approximate surface area is 176 Å². The number of halogens is 6. The Balaban J connectivity index is 1.73. The van der Waals surface area contributed by atoms with E-state index in [0.717, 1.165) is 24.5 Å². The van der Waals surface area contributed by atoms with E-state index in [1.807, 2.05) is 0 Å². The van der Waals surface area contributed by atoms with Crippen LogP contribution in [0.2, 0.25) is 0 Å². The number of carbonyl (C=O) groups excluding carboxylic acids is 1. The highest BCUT2D eigenvalue weighted by Crippen LogP contribution is 2.46. The maximum Gasteiger partial charge on any atom is 0.471 e. The highest BCUT2D eigenvalue weighted by molar-refractivity contribution is 5.96. The van der Waals surface area contributed by atoms with Crippen LogP contribution in [0.1, 0.15) is 36.8 Å². The Bertz CT molecular complexity index is 1100. The molecule has 1 fully saturated rings. The molecule has 0 aliphatic heterocycles. The Morgan fingerprint density at radius 3 is 2.19 bits per heavy atom. The zero-order chi connectivity index (χ0) is 23.0. The van der Waals surface area contributed by atoms with Crippen LogP contribution in [0, 0.1) is 11.7 Å². The van der Waals surface area contributed by atoms with Crippen LogP contribution in [0.4, 0.5) is 32.3 Å². The van der Waals surface area contributed by atoms with E-state index >= 15 is 0 Å². The van der Waals surface area contributed by atoms with Crippen LogP contribution in [0.15, 0.2) is 41.1 Å². The molecule has 2 aromatic heterocycles. The molecule has 7 nitrogen and oxygen atoms in total. The Morgan fingerprint density at radius 2 is 1.69 bits per heavy atom. The fourth-order valence-electron chi connectivity index (χ4n) is 3.18. The number of anilines is 1. The molecule has 1 saturated carbocycles. The van der Waals surface area contributed by atoms with E-state index in [1.165, 1.54) is 12.1 Å². The number of rotatable bonds is 6. The van der Waals surface area contributed by atoms with Crippen molar-refractivity contribution in [3.05, 3.63) is 53.9 Å². The lowest BCUT2D eigenvalue weighted by Gasteiger charge is -2.31. The van der Waals surface area contributed by atoms with Gasteiger partial charge in [-0.25, -0.2) is 14.4 Å². The van der Waals surface area contributed by atoms with Gasteiger partial charge in [0.2, 0.25) is 5.95 Å². The first-order valence-electron chi connectivity index (χ1n) is 9.25. The number of carbonyl (C=O) groups is 1. The van der Waals surface area contributed by atoms with E-state index < -0.39 is 42.2 Å². The summed E-state index contributed by atoms with van der Waals surface area (Å²) >= 11 is 0. The molecule has 0 N–H and O–H groups in total. The summed E-state index contributed by atoms with van der Waals surface area (Å²) in [7, 11) is 0. The van der Waals surface area contributed by atoms with Crippen LogP contribution in [0.25, 0.3) is 11.5 Å². The average Bonchev–Trinajstić information content (AvgIpc) is 3.46. The summed E-state index contributed by atoms with van der Waals surface area (Å²) in [4.78, 5) is 20.4. The van der Waals surface area contributed by atoms with Gasteiger partial charge in [-0.2, -0.15) is 22.0 Å². The second-order valence-corrected chi connectivity index (χ2v) is 7.02. The molecule has 0 radical (unpaired) electrons.